The standard InChI is InChI=1S/C8H6N2O.C3H6N2/c11-8-9-5-6-3-1-2-4-7(6)10-8;1-2-4-5-3-1/h1-5H,(H,9,10,11);1-2,4-5H,3H2. The molecule has 1 aromatic heterocycles. The van der Waals surface area contributed by atoms with Crippen LogP contribution in [0.2, 0.25) is 0 Å². The largest absolute Gasteiger partial charge is 0.345 e. The molecule has 0 bridgehead atoms. The van der Waals surface area contributed by atoms with Gasteiger partial charge in [0.15, 0.2) is 0 Å². The lowest BCUT2D eigenvalue weighted by Crippen LogP contribution is -2.19. The van der Waals surface area contributed by atoms with Crippen molar-refractivity contribution in [2.45, 2.75) is 0 Å². The van der Waals surface area contributed by atoms with Crippen LogP contribution in [0, 0.1) is 0 Å². The fourth-order valence-corrected chi connectivity index (χ4v) is 1.29. The lowest BCUT2D eigenvalue weighted by molar-refractivity contribution is 0.727. The number of para-hydroxylation sites is 1. The number of benzene rings is 1. The Bertz CT molecular complexity index is 541. The van der Waals surface area contributed by atoms with Gasteiger partial charge in [0.1, 0.15) is 0 Å². The van der Waals surface area contributed by atoms with E-state index < -0.39 is 0 Å². The van der Waals surface area contributed by atoms with Gasteiger partial charge in [-0.25, -0.2) is 15.2 Å². The van der Waals surface area contributed by atoms with Crippen LogP contribution >= 0.6 is 0 Å². The van der Waals surface area contributed by atoms with Gasteiger partial charge in [0.05, 0.1) is 5.52 Å². The van der Waals surface area contributed by atoms with Gasteiger partial charge in [-0.1, -0.05) is 24.3 Å². The summed E-state index contributed by atoms with van der Waals surface area (Å²) in [4.78, 5) is 16.9. The van der Waals surface area contributed by atoms with E-state index in [2.05, 4.69) is 20.8 Å². The topological polar surface area (TPSA) is 69.8 Å². The number of nitrogens with zero attached hydrogens (tertiary/aromatic N) is 1. The highest BCUT2D eigenvalue weighted by molar-refractivity contribution is 5.76. The van der Waals surface area contributed by atoms with Gasteiger partial charge in [-0.3, -0.25) is 0 Å². The molecule has 3 N–H and O–H groups in total. The predicted molar refractivity (Wildman–Crippen MR) is 62.6 cm³/mol. The first-order valence-corrected chi connectivity index (χ1v) is 4.94. The molecule has 2 aromatic rings. The fraction of sp³-hybridized carbons (Fsp3) is 0.0909. The summed E-state index contributed by atoms with van der Waals surface area (Å²) >= 11 is 0. The van der Waals surface area contributed by atoms with E-state index >= 15 is 0 Å². The molecule has 1 aliphatic heterocycles. The van der Waals surface area contributed by atoms with E-state index in [1.54, 1.807) is 6.20 Å². The van der Waals surface area contributed by atoms with Crippen molar-refractivity contribution in [2.75, 3.05) is 6.54 Å². The maximum Gasteiger partial charge on any atom is 0.345 e. The van der Waals surface area contributed by atoms with Gasteiger partial charge >= 0.3 is 5.69 Å². The maximum atomic E-state index is 10.7. The molecule has 1 aromatic carbocycles. The van der Waals surface area contributed by atoms with Crippen molar-refractivity contribution in [1.29, 1.82) is 0 Å². The second kappa shape index (κ2) is 5.09. The van der Waals surface area contributed by atoms with Crippen LogP contribution < -0.4 is 16.5 Å². The molecule has 0 aliphatic carbocycles. The van der Waals surface area contributed by atoms with E-state index in [0.717, 1.165) is 17.4 Å². The molecule has 5 nitrogen and oxygen atoms in total. The number of aromatic nitrogens is 2. The van der Waals surface area contributed by atoms with Crippen molar-refractivity contribution in [1.82, 2.24) is 20.8 Å². The summed E-state index contributed by atoms with van der Waals surface area (Å²) in [6.07, 6.45) is 5.45. The van der Waals surface area contributed by atoms with Crippen molar-refractivity contribution in [3.63, 3.8) is 0 Å². The van der Waals surface area contributed by atoms with Gasteiger partial charge in [0, 0.05) is 24.3 Å². The molecule has 1 aliphatic rings. The Balaban J connectivity index is 0.000000162. The van der Waals surface area contributed by atoms with Gasteiger partial charge < -0.3 is 10.4 Å². The van der Waals surface area contributed by atoms with Gasteiger partial charge in [0.25, 0.3) is 0 Å². The highest BCUT2D eigenvalue weighted by Crippen LogP contribution is 2.05. The summed E-state index contributed by atoms with van der Waals surface area (Å²) in [7, 11) is 0. The second-order valence-electron chi connectivity index (χ2n) is 3.20. The molecule has 0 atom stereocenters. The highest BCUT2D eigenvalue weighted by Gasteiger charge is 1.90. The van der Waals surface area contributed by atoms with Crippen LogP contribution in [0.3, 0.4) is 0 Å². The second-order valence-corrected chi connectivity index (χ2v) is 3.20. The van der Waals surface area contributed by atoms with Crippen LogP contribution in [-0.2, 0) is 0 Å². The third kappa shape index (κ3) is 2.68. The number of hydrogen-bond donors (Lipinski definition) is 3. The molecule has 0 radical (unpaired) electrons. The molecule has 16 heavy (non-hydrogen) atoms. The molecular weight excluding hydrogens is 204 g/mol. The summed E-state index contributed by atoms with van der Waals surface area (Å²) in [5.74, 6) is 0. The zero-order valence-electron chi connectivity index (χ0n) is 8.60. The van der Waals surface area contributed by atoms with E-state index in [9.17, 15) is 4.79 Å². The Kier molecular flexibility index (Phi) is 3.30. The zero-order valence-corrected chi connectivity index (χ0v) is 8.60. The molecule has 0 unspecified atom stereocenters. The predicted octanol–water partition coefficient (Wildman–Crippen LogP) is 0.531. The Morgan fingerprint density at radius 3 is 2.81 bits per heavy atom. The van der Waals surface area contributed by atoms with Gasteiger partial charge in [0.2, 0.25) is 0 Å². The van der Waals surface area contributed by atoms with Crippen LogP contribution in [0.15, 0.2) is 47.5 Å². The Labute approximate surface area is 92.2 Å². The van der Waals surface area contributed by atoms with Crippen molar-refractivity contribution in [3.05, 3.63) is 53.2 Å². The number of hydrazine groups is 1. The summed E-state index contributed by atoms with van der Waals surface area (Å²) in [6.45, 7) is 0.958. The number of hydrogen-bond acceptors (Lipinski definition) is 4. The number of rotatable bonds is 0. The maximum absolute atomic E-state index is 10.7. The van der Waals surface area contributed by atoms with Crippen LogP contribution in [-0.4, -0.2) is 16.5 Å². The van der Waals surface area contributed by atoms with Gasteiger partial charge in [-0.15, -0.1) is 0 Å². The van der Waals surface area contributed by atoms with E-state index in [4.69, 9.17) is 0 Å². The lowest BCUT2D eigenvalue weighted by Gasteiger charge is -1.92. The Hall–Kier alpha value is -2.14. The van der Waals surface area contributed by atoms with E-state index in [1.807, 2.05) is 36.5 Å². The normalized spacial score (nSPS) is 13.0. The van der Waals surface area contributed by atoms with Crippen LogP contribution in [0.4, 0.5) is 0 Å². The molecule has 82 valence electrons. The van der Waals surface area contributed by atoms with Crippen molar-refractivity contribution >= 4 is 10.9 Å². The Morgan fingerprint density at radius 1 is 1.25 bits per heavy atom. The number of fused-ring (bicyclic) bond motifs is 1. The average molecular weight is 216 g/mol. The molecule has 5 heteroatoms. The number of nitrogens with one attached hydrogen (secondary N) is 3. The Morgan fingerprint density at radius 2 is 2.12 bits per heavy atom. The molecule has 0 saturated heterocycles. The monoisotopic (exact) mass is 216 g/mol. The molecule has 0 amide bonds. The van der Waals surface area contributed by atoms with Gasteiger partial charge in [-0.05, 0) is 6.07 Å². The van der Waals surface area contributed by atoms with Crippen molar-refractivity contribution < 1.29 is 0 Å². The van der Waals surface area contributed by atoms with Crippen LogP contribution in [0.1, 0.15) is 0 Å². The van der Waals surface area contributed by atoms with E-state index in [-0.39, 0.29) is 5.69 Å². The minimum Gasteiger partial charge on any atom is -0.329 e. The third-order valence-electron chi connectivity index (χ3n) is 2.05. The SMILES string of the molecule is C1=CNNC1.O=c1ncc2ccccc2[nH]1. The average Bonchev–Trinajstić information content (AvgIpc) is 2.87. The first-order chi connectivity index (χ1) is 7.86. The lowest BCUT2D eigenvalue weighted by atomic mass is 10.2. The first-order valence-electron chi connectivity index (χ1n) is 4.94. The minimum absolute atomic E-state index is 0.302. The zero-order chi connectivity index (χ0) is 11.2. The van der Waals surface area contributed by atoms with E-state index in [0.29, 0.717) is 0 Å². The molecule has 0 fully saturated rings. The van der Waals surface area contributed by atoms with Crippen LogP contribution in [0.25, 0.3) is 10.9 Å². The molecular formula is C11H12N4O. The molecule has 0 saturated carbocycles. The van der Waals surface area contributed by atoms with Crippen molar-refractivity contribution in [3.8, 4) is 0 Å². The summed E-state index contributed by atoms with van der Waals surface area (Å²) in [5.41, 5.74) is 6.18. The number of aromatic amines is 1. The van der Waals surface area contributed by atoms with Crippen LogP contribution in [0.5, 0.6) is 0 Å². The third-order valence-corrected chi connectivity index (χ3v) is 2.05. The number of H-pyrrole nitrogens is 1. The quantitative estimate of drug-likeness (QED) is 0.601. The van der Waals surface area contributed by atoms with E-state index in [1.165, 1.54) is 0 Å². The summed E-state index contributed by atoms with van der Waals surface area (Å²) in [6, 6.07) is 7.53. The fourth-order valence-electron chi connectivity index (χ4n) is 1.29. The highest BCUT2D eigenvalue weighted by atomic mass is 16.1. The smallest absolute Gasteiger partial charge is 0.329 e. The van der Waals surface area contributed by atoms with Crippen molar-refractivity contribution in [2.24, 2.45) is 0 Å². The molecule has 2 heterocycles. The van der Waals surface area contributed by atoms with Gasteiger partial charge in [-0.2, -0.15) is 0 Å². The summed E-state index contributed by atoms with van der Waals surface area (Å²) in [5, 5.41) is 0.951. The summed E-state index contributed by atoms with van der Waals surface area (Å²) < 4.78 is 0. The molecule has 3 rings (SSSR count). The minimum atomic E-state index is -0.302. The molecule has 0 spiro atoms. The first kappa shape index (κ1) is 10.4.